The third-order valence-electron chi connectivity index (χ3n) is 4.73. The van der Waals surface area contributed by atoms with Crippen LogP contribution in [0.3, 0.4) is 0 Å². The van der Waals surface area contributed by atoms with Crippen LogP contribution in [0.2, 0.25) is 0 Å². The van der Waals surface area contributed by atoms with Crippen LogP contribution in [-0.2, 0) is 0 Å². The molecule has 2 N–H and O–H groups in total. The third-order valence-corrected chi connectivity index (χ3v) is 4.73. The Labute approximate surface area is 124 Å². The summed E-state index contributed by atoms with van der Waals surface area (Å²) >= 11 is 0. The van der Waals surface area contributed by atoms with Gasteiger partial charge in [0, 0.05) is 37.8 Å². The molecule has 1 aliphatic carbocycles. The van der Waals surface area contributed by atoms with E-state index >= 15 is 0 Å². The van der Waals surface area contributed by atoms with Crippen LogP contribution in [0.4, 0.5) is 4.39 Å². The van der Waals surface area contributed by atoms with E-state index in [-0.39, 0.29) is 17.4 Å². The second kappa shape index (κ2) is 6.00. The normalized spacial score (nSPS) is 21.5. The van der Waals surface area contributed by atoms with Crippen molar-refractivity contribution in [3.63, 3.8) is 0 Å². The van der Waals surface area contributed by atoms with Gasteiger partial charge in [-0.25, -0.2) is 4.39 Å². The number of benzene rings is 1. The molecule has 1 atom stereocenters. The van der Waals surface area contributed by atoms with E-state index in [1.807, 2.05) is 0 Å². The Balaban J connectivity index is 1.98. The van der Waals surface area contributed by atoms with Crippen molar-refractivity contribution in [2.45, 2.75) is 25.3 Å². The van der Waals surface area contributed by atoms with E-state index in [0.717, 1.165) is 39.0 Å². The number of hydrogen-bond donors (Lipinski definition) is 2. The summed E-state index contributed by atoms with van der Waals surface area (Å²) in [5.41, 5.74) is 0.478. The Morgan fingerprint density at radius 1 is 1.33 bits per heavy atom. The van der Waals surface area contributed by atoms with Gasteiger partial charge >= 0.3 is 0 Å². The monoisotopic (exact) mass is 289 g/mol. The molecule has 21 heavy (non-hydrogen) atoms. The number of piperazine rings is 1. The zero-order chi connectivity index (χ0) is 14.8. The van der Waals surface area contributed by atoms with Crippen LogP contribution in [0, 0.1) is 23.1 Å². The Morgan fingerprint density at radius 3 is 2.62 bits per heavy atom. The molecular formula is C16H20FN3O. The zero-order valence-electron chi connectivity index (χ0n) is 12.0. The van der Waals surface area contributed by atoms with Gasteiger partial charge in [0.1, 0.15) is 23.2 Å². The van der Waals surface area contributed by atoms with E-state index in [0.29, 0.717) is 11.5 Å². The van der Waals surface area contributed by atoms with E-state index in [4.69, 9.17) is 5.26 Å². The standard InChI is InChI=1S/C16H20FN3O/c17-14-5-4-12(16(21)13(14)10-18)15(11-2-1-3-11)20-8-6-19-7-9-20/h4-5,11,15,19,21H,1-3,6-9H2/t15-/m0/s1. The van der Waals surface area contributed by atoms with Crippen LogP contribution in [0.25, 0.3) is 0 Å². The Kier molecular flexibility index (Phi) is 4.09. The molecule has 0 spiro atoms. The number of nitrogens with one attached hydrogen (secondary N) is 1. The van der Waals surface area contributed by atoms with Gasteiger partial charge in [-0.3, -0.25) is 4.90 Å². The molecule has 0 radical (unpaired) electrons. The van der Waals surface area contributed by atoms with Crippen LogP contribution in [0.15, 0.2) is 12.1 Å². The summed E-state index contributed by atoms with van der Waals surface area (Å²) < 4.78 is 13.6. The predicted molar refractivity (Wildman–Crippen MR) is 77.3 cm³/mol. The maximum Gasteiger partial charge on any atom is 0.144 e. The lowest BCUT2D eigenvalue weighted by molar-refractivity contribution is 0.0818. The van der Waals surface area contributed by atoms with Crippen LogP contribution in [-0.4, -0.2) is 36.2 Å². The molecule has 0 aromatic heterocycles. The molecule has 1 aromatic carbocycles. The van der Waals surface area contributed by atoms with Gasteiger partial charge in [0.25, 0.3) is 0 Å². The van der Waals surface area contributed by atoms with E-state index in [9.17, 15) is 9.50 Å². The first-order chi connectivity index (χ1) is 10.2. The lowest BCUT2D eigenvalue weighted by Crippen LogP contribution is -2.47. The molecule has 0 bridgehead atoms. The number of hydrogen-bond acceptors (Lipinski definition) is 4. The van der Waals surface area contributed by atoms with E-state index < -0.39 is 5.82 Å². The summed E-state index contributed by atoms with van der Waals surface area (Å²) in [6.45, 7) is 3.69. The second-order valence-corrected chi connectivity index (χ2v) is 5.89. The first kappa shape index (κ1) is 14.3. The highest BCUT2D eigenvalue weighted by Gasteiger charge is 2.35. The quantitative estimate of drug-likeness (QED) is 0.895. The van der Waals surface area contributed by atoms with Gasteiger partial charge in [0.15, 0.2) is 0 Å². The maximum absolute atomic E-state index is 13.6. The van der Waals surface area contributed by atoms with Gasteiger partial charge < -0.3 is 10.4 Å². The largest absolute Gasteiger partial charge is 0.506 e. The fourth-order valence-electron chi connectivity index (χ4n) is 3.39. The summed E-state index contributed by atoms with van der Waals surface area (Å²) in [5.74, 6) is -0.328. The fourth-order valence-corrected chi connectivity index (χ4v) is 3.39. The first-order valence-corrected chi connectivity index (χ1v) is 7.58. The van der Waals surface area contributed by atoms with Crippen molar-refractivity contribution in [3.8, 4) is 11.8 Å². The minimum atomic E-state index is -0.647. The van der Waals surface area contributed by atoms with Crippen LogP contribution in [0.1, 0.15) is 36.4 Å². The average molecular weight is 289 g/mol. The third kappa shape index (κ3) is 2.61. The molecule has 4 nitrogen and oxygen atoms in total. The van der Waals surface area contributed by atoms with Crippen molar-refractivity contribution in [1.29, 1.82) is 5.26 Å². The SMILES string of the molecule is N#Cc1c(F)ccc([C@H](C2CCC2)N2CCNCC2)c1O. The summed E-state index contributed by atoms with van der Waals surface area (Å²) in [7, 11) is 0. The second-order valence-electron chi connectivity index (χ2n) is 5.89. The van der Waals surface area contributed by atoms with Crippen LogP contribution >= 0.6 is 0 Å². The van der Waals surface area contributed by atoms with Crippen molar-refractivity contribution in [2.75, 3.05) is 26.2 Å². The van der Waals surface area contributed by atoms with Crippen LogP contribution < -0.4 is 5.32 Å². The lowest BCUT2D eigenvalue weighted by Gasteiger charge is -2.43. The maximum atomic E-state index is 13.6. The molecule has 1 heterocycles. The number of aromatic hydroxyl groups is 1. The molecule has 2 aliphatic rings. The molecule has 5 heteroatoms. The minimum absolute atomic E-state index is 0.0913. The van der Waals surface area contributed by atoms with Gasteiger partial charge in [0.05, 0.1) is 0 Å². The molecule has 0 unspecified atom stereocenters. The molecule has 2 fully saturated rings. The lowest BCUT2D eigenvalue weighted by atomic mass is 9.75. The predicted octanol–water partition coefficient (Wildman–Crippen LogP) is 2.15. The minimum Gasteiger partial charge on any atom is -0.506 e. The molecule has 1 aliphatic heterocycles. The molecule has 1 saturated carbocycles. The first-order valence-electron chi connectivity index (χ1n) is 7.58. The zero-order valence-corrected chi connectivity index (χ0v) is 12.0. The van der Waals surface area contributed by atoms with E-state index in [1.165, 1.54) is 12.5 Å². The average Bonchev–Trinajstić information content (AvgIpc) is 2.45. The molecular weight excluding hydrogens is 269 g/mol. The molecule has 112 valence electrons. The number of nitriles is 1. The van der Waals surface area contributed by atoms with Crippen molar-refractivity contribution in [3.05, 3.63) is 29.1 Å². The van der Waals surface area contributed by atoms with Gasteiger partial charge in [-0.15, -0.1) is 0 Å². The molecule has 1 saturated heterocycles. The number of nitrogens with zero attached hydrogens (tertiary/aromatic N) is 2. The number of phenols is 1. The number of phenolic OH excluding ortho intramolecular Hbond substituents is 1. The van der Waals surface area contributed by atoms with Gasteiger partial charge in [-0.1, -0.05) is 12.5 Å². The van der Waals surface area contributed by atoms with Gasteiger partial charge in [0.2, 0.25) is 0 Å². The molecule has 3 rings (SSSR count). The highest BCUT2D eigenvalue weighted by molar-refractivity contribution is 5.50. The molecule has 0 amide bonds. The van der Waals surface area contributed by atoms with Crippen molar-refractivity contribution in [1.82, 2.24) is 10.2 Å². The van der Waals surface area contributed by atoms with Gasteiger partial charge in [-0.2, -0.15) is 5.26 Å². The highest BCUT2D eigenvalue weighted by Crippen LogP contribution is 2.45. The summed E-state index contributed by atoms with van der Waals surface area (Å²) in [6, 6.07) is 4.83. The van der Waals surface area contributed by atoms with Crippen molar-refractivity contribution >= 4 is 0 Å². The summed E-state index contributed by atoms with van der Waals surface area (Å²) in [6.07, 6.45) is 3.47. The van der Waals surface area contributed by atoms with E-state index in [2.05, 4.69) is 10.2 Å². The summed E-state index contributed by atoms with van der Waals surface area (Å²) in [5, 5.41) is 22.7. The van der Waals surface area contributed by atoms with Crippen molar-refractivity contribution < 1.29 is 9.50 Å². The Morgan fingerprint density at radius 2 is 2.05 bits per heavy atom. The fraction of sp³-hybridized carbons (Fsp3) is 0.562. The topological polar surface area (TPSA) is 59.3 Å². The highest BCUT2D eigenvalue weighted by atomic mass is 19.1. The van der Waals surface area contributed by atoms with Gasteiger partial charge in [-0.05, 0) is 24.8 Å². The summed E-state index contributed by atoms with van der Waals surface area (Å²) in [4.78, 5) is 2.36. The smallest absolute Gasteiger partial charge is 0.144 e. The number of halogens is 1. The van der Waals surface area contributed by atoms with Crippen LogP contribution in [0.5, 0.6) is 5.75 Å². The number of rotatable bonds is 3. The molecule has 1 aromatic rings. The van der Waals surface area contributed by atoms with Crippen molar-refractivity contribution in [2.24, 2.45) is 5.92 Å². The van der Waals surface area contributed by atoms with E-state index in [1.54, 1.807) is 12.1 Å². The Hall–Kier alpha value is -1.64. The Bertz CT molecular complexity index is 559.